The fraction of sp³-hybridized carbons (Fsp3) is 0.545. The van der Waals surface area contributed by atoms with Crippen molar-refractivity contribution in [2.45, 2.75) is 33.7 Å². The Morgan fingerprint density at radius 3 is 2.56 bits per heavy atom. The van der Waals surface area contributed by atoms with E-state index >= 15 is 0 Å². The molecule has 86 valence electrons. The first-order chi connectivity index (χ1) is 7.50. The maximum Gasteiger partial charge on any atom is 0.166 e. The predicted molar refractivity (Wildman–Crippen MR) is 64.0 cm³/mol. The Kier molecular flexibility index (Phi) is 2.53. The maximum atomic E-state index is 5.82. The van der Waals surface area contributed by atoms with Crippen LogP contribution < -0.4 is 5.73 Å². The van der Waals surface area contributed by atoms with Gasteiger partial charge in [-0.25, -0.2) is 15.0 Å². The van der Waals surface area contributed by atoms with Gasteiger partial charge in [-0.1, -0.05) is 13.8 Å². The fourth-order valence-corrected chi connectivity index (χ4v) is 1.67. The van der Waals surface area contributed by atoms with Gasteiger partial charge in [0.2, 0.25) is 0 Å². The van der Waals surface area contributed by atoms with E-state index in [1.54, 1.807) is 6.33 Å². The van der Waals surface area contributed by atoms with Gasteiger partial charge in [-0.3, -0.25) is 0 Å². The third kappa shape index (κ3) is 1.62. The molecule has 0 aliphatic carbocycles. The molecular weight excluding hydrogens is 202 g/mol. The average Bonchev–Trinajstić information content (AvgIpc) is 2.60. The van der Waals surface area contributed by atoms with Crippen LogP contribution in [-0.4, -0.2) is 19.5 Å². The molecule has 0 unspecified atom stereocenters. The van der Waals surface area contributed by atoms with Crippen LogP contribution in [0, 0.1) is 12.8 Å². The highest BCUT2D eigenvalue weighted by molar-refractivity contribution is 5.81. The molecule has 1 atom stereocenters. The minimum atomic E-state index is 0.346. The summed E-state index contributed by atoms with van der Waals surface area (Å²) in [5.41, 5.74) is 7.34. The summed E-state index contributed by atoms with van der Waals surface area (Å²) in [6, 6.07) is 0.346. The topological polar surface area (TPSA) is 69.6 Å². The van der Waals surface area contributed by atoms with E-state index in [1.807, 2.05) is 6.92 Å². The number of nitrogens with two attached hydrogens (primary N) is 1. The molecule has 0 saturated heterocycles. The number of aromatic nitrogens is 4. The molecule has 0 radical (unpaired) electrons. The Hall–Kier alpha value is -1.65. The van der Waals surface area contributed by atoms with Gasteiger partial charge >= 0.3 is 0 Å². The molecule has 0 aliphatic heterocycles. The van der Waals surface area contributed by atoms with Crippen LogP contribution in [-0.2, 0) is 0 Å². The number of nitrogen functional groups attached to an aromatic ring is 1. The maximum absolute atomic E-state index is 5.82. The lowest BCUT2D eigenvalue weighted by atomic mass is 10.1. The Balaban J connectivity index is 2.64. The van der Waals surface area contributed by atoms with Crippen LogP contribution in [0.15, 0.2) is 6.33 Å². The smallest absolute Gasteiger partial charge is 0.166 e. The molecule has 0 spiro atoms. The summed E-state index contributed by atoms with van der Waals surface area (Å²) >= 11 is 0. The number of nitrogens with zero attached hydrogens (tertiary/aromatic N) is 4. The molecule has 0 saturated carbocycles. The van der Waals surface area contributed by atoms with Crippen LogP contribution >= 0.6 is 0 Å². The number of anilines is 1. The molecular formula is C11H17N5. The molecule has 0 amide bonds. The molecule has 0 fully saturated rings. The zero-order valence-corrected chi connectivity index (χ0v) is 10.1. The van der Waals surface area contributed by atoms with Crippen molar-refractivity contribution in [2.75, 3.05) is 5.73 Å². The normalized spacial score (nSPS) is 13.6. The van der Waals surface area contributed by atoms with Crippen molar-refractivity contribution in [1.29, 1.82) is 0 Å². The van der Waals surface area contributed by atoms with Crippen molar-refractivity contribution < 1.29 is 0 Å². The zero-order valence-electron chi connectivity index (χ0n) is 10.1. The van der Waals surface area contributed by atoms with Crippen molar-refractivity contribution in [3.05, 3.63) is 12.2 Å². The first kappa shape index (κ1) is 10.9. The summed E-state index contributed by atoms with van der Waals surface area (Å²) in [6.45, 7) is 8.34. The van der Waals surface area contributed by atoms with E-state index in [-0.39, 0.29) is 0 Å². The summed E-state index contributed by atoms with van der Waals surface area (Å²) < 4.78 is 2.06. The van der Waals surface area contributed by atoms with Crippen molar-refractivity contribution in [3.8, 4) is 0 Å². The minimum absolute atomic E-state index is 0.346. The quantitative estimate of drug-likeness (QED) is 0.837. The van der Waals surface area contributed by atoms with Gasteiger partial charge < -0.3 is 10.3 Å². The summed E-state index contributed by atoms with van der Waals surface area (Å²) in [5, 5.41) is 0. The molecule has 2 aromatic heterocycles. The second-order valence-corrected chi connectivity index (χ2v) is 4.46. The number of aryl methyl sites for hydroxylation is 1. The fourth-order valence-electron chi connectivity index (χ4n) is 1.67. The van der Waals surface area contributed by atoms with Crippen LogP contribution in [0.5, 0.6) is 0 Å². The molecule has 0 bridgehead atoms. The van der Waals surface area contributed by atoms with Gasteiger partial charge in [0.15, 0.2) is 11.5 Å². The Morgan fingerprint density at radius 2 is 1.94 bits per heavy atom. The molecule has 2 aromatic rings. The van der Waals surface area contributed by atoms with E-state index in [0.29, 0.717) is 29.1 Å². The average molecular weight is 219 g/mol. The highest BCUT2D eigenvalue weighted by Gasteiger charge is 2.15. The first-order valence-electron chi connectivity index (χ1n) is 5.47. The van der Waals surface area contributed by atoms with Crippen LogP contribution in [0.3, 0.4) is 0 Å². The second kappa shape index (κ2) is 3.73. The van der Waals surface area contributed by atoms with Gasteiger partial charge in [0.25, 0.3) is 0 Å². The van der Waals surface area contributed by atoms with Gasteiger partial charge in [0.05, 0.1) is 6.33 Å². The number of hydrogen-bond donors (Lipinski definition) is 1. The van der Waals surface area contributed by atoms with Crippen molar-refractivity contribution >= 4 is 17.0 Å². The van der Waals surface area contributed by atoms with Crippen molar-refractivity contribution in [2.24, 2.45) is 5.92 Å². The number of imidazole rings is 1. The van der Waals surface area contributed by atoms with E-state index in [2.05, 4.69) is 40.3 Å². The lowest BCUT2D eigenvalue weighted by Crippen LogP contribution is -2.11. The first-order valence-corrected chi connectivity index (χ1v) is 5.47. The van der Waals surface area contributed by atoms with Gasteiger partial charge in [-0.15, -0.1) is 0 Å². The van der Waals surface area contributed by atoms with E-state index in [4.69, 9.17) is 5.73 Å². The van der Waals surface area contributed by atoms with Gasteiger partial charge in [0, 0.05) is 6.04 Å². The van der Waals surface area contributed by atoms with E-state index in [1.165, 1.54) is 0 Å². The highest BCUT2D eigenvalue weighted by Crippen LogP contribution is 2.23. The summed E-state index contributed by atoms with van der Waals surface area (Å²) in [5.74, 6) is 1.66. The van der Waals surface area contributed by atoms with Crippen LogP contribution in [0.4, 0.5) is 5.82 Å². The largest absolute Gasteiger partial charge is 0.382 e. The third-order valence-corrected chi connectivity index (χ3v) is 2.96. The molecule has 16 heavy (non-hydrogen) atoms. The van der Waals surface area contributed by atoms with Crippen molar-refractivity contribution in [3.63, 3.8) is 0 Å². The summed E-state index contributed by atoms with van der Waals surface area (Å²) in [6.07, 6.45) is 1.79. The molecule has 5 heteroatoms. The van der Waals surface area contributed by atoms with Gasteiger partial charge in [-0.05, 0) is 19.8 Å². The number of rotatable bonds is 2. The molecule has 2 heterocycles. The molecule has 2 N–H and O–H groups in total. The summed E-state index contributed by atoms with van der Waals surface area (Å²) in [4.78, 5) is 12.8. The van der Waals surface area contributed by atoms with E-state index < -0.39 is 0 Å². The Labute approximate surface area is 94.7 Å². The predicted octanol–water partition coefficient (Wildman–Crippen LogP) is 1.93. The van der Waals surface area contributed by atoms with Crippen LogP contribution in [0.25, 0.3) is 11.2 Å². The Bertz CT molecular complexity index is 514. The number of fused-ring (bicyclic) bond motifs is 1. The molecule has 0 aromatic carbocycles. The van der Waals surface area contributed by atoms with E-state index in [0.717, 1.165) is 5.65 Å². The molecule has 5 nitrogen and oxygen atoms in total. The highest BCUT2D eigenvalue weighted by atomic mass is 15.2. The minimum Gasteiger partial charge on any atom is -0.382 e. The molecule has 2 rings (SSSR count). The zero-order chi connectivity index (χ0) is 11.9. The number of hydrogen-bond acceptors (Lipinski definition) is 4. The van der Waals surface area contributed by atoms with Crippen molar-refractivity contribution in [1.82, 2.24) is 19.5 Å². The monoisotopic (exact) mass is 219 g/mol. The van der Waals surface area contributed by atoms with E-state index in [9.17, 15) is 0 Å². The van der Waals surface area contributed by atoms with Gasteiger partial charge in [0.1, 0.15) is 11.3 Å². The second-order valence-electron chi connectivity index (χ2n) is 4.46. The standard InChI is InChI=1S/C11H17N5/c1-6(2)7(3)16-5-13-9-10(12)14-8(4)15-11(9)16/h5-7H,1-4H3,(H2,12,14,15)/t7-/m0/s1. The lowest BCUT2D eigenvalue weighted by molar-refractivity contribution is 0.414. The summed E-state index contributed by atoms with van der Waals surface area (Å²) in [7, 11) is 0. The molecule has 0 aliphatic rings. The van der Waals surface area contributed by atoms with Gasteiger partial charge in [-0.2, -0.15) is 0 Å². The SMILES string of the molecule is Cc1nc(N)c2ncn([C@@H](C)C(C)C)c2n1. The lowest BCUT2D eigenvalue weighted by Gasteiger charge is -2.17. The van der Waals surface area contributed by atoms with Crippen LogP contribution in [0.2, 0.25) is 0 Å². The Morgan fingerprint density at radius 1 is 1.25 bits per heavy atom. The third-order valence-electron chi connectivity index (χ3n) is 2.96. The van der Waals surface area contributed by atoms with Crippen LogP contribution in [0.1, 0.15) is 32.6 Å².